The third kappa shape index (κ3) is 11.6. The molecule has 0 saturated heterocycles. The van der Waals surface area contributed by atoms with Crippen LogP contribution in [0.2, 0.25) is 0 Å². The van der Waals surface area contributed by atoms with Crippen LogP contribution in [-0.4, -0.2) is 83.1 Å². The number of hydrogen-bond acceptors (Lipinski definition) is 10. The van der Waals surface area contributed by atoms with Gasteiger partial charge in [0.2, 0.25) is 5.79 Å². The third-order valence-corrected chi connectivity index (χ3v) is 12.7. The van der Waals surface area contributed by atoms with Gasteiger partial charge in [0.15, 0.2) is 0 Å². The van der Waals surface area contributed by atoms with Gasteiger partial charge in [0, 0.05) is 48.3 Å². The molecule has 0 radical (unpaired) electrons. The second-order valence-electron chi connectivity index (χ2n) is 17.2. The van der Waals surface area contributed by atoms with E-state index in [1.54, 1.807) is 22.7 Å². The van der Waals surface area contributed by atoms with Crippen LogP contribution in [0.15, 0.2) is 113 Å². The summed E-state index contributed by atoms with van der Waals surface area (Å²) in [5.74, 6) is 0.519. The molecule has 0 bridgehead atoms. The minimum Gasteiger partial charge on any atom is -0.493 e. The van der Waals surface area contributed by atoms with E-state index in [-0.39, 0.29) is 44.2 Å². The number of carbonyl (C=O) groups excluding carboxylic acids is 1. The highest BCUT2D eigenvalue weighted by molar-refractivity contribution is 7.99. The van der Waals surface area contributed by atoms with Gasteiger partial charge in [-0.3, -0.25) is 4.90 Å². The van der Waals surface area contributed by atoms with E-state index >= 15 is 0 Å². The molecule has 3 aliphatic rings. The Kier molecular flexibility index (Phi) is 16.8. The summed E-state index contributed by atoms with van der Waals surface area (Å²) in [6.07, 6.45) is 9.40. The van der Waals surface area contributed by atoms with E-state index in [4.69, 9.17) is 28.9 Å². The second-order valence-corrected chi connectivity index (χ2v) is 18.4. The largest absolute Gasteiger partial charge is 0.493 e. The van der Waals surface area contributed by atoms with E-state index < -0.39 is 29.4 Å². The number of benzene rings is 3. The Morgan fingerprint density at radius 2 is 1.72 bits per heavy atom. The van der Waals surface area contributed by atoms with Crippen LogP contribution in [0.25, 0.3) is 0 Å². The first kappa shape index (κ1) is 46.2. The Morgan fingerprint density at radius 1 is 1.00 bits per heavy atom. The van der Waals surface area contributed by atoms with Crippen LogP contribution in [0.4, 0.5) is 4.79 Å². The van der Waals surface area contributed by atoms with Gasteiger partial charge in [-0.05, 0) is 106 Å². The lowest BCUT2D eigenvalue weighted by molar-refractivity contribution is -0.255. The predicted octanol–water partition coefficient (Wildman–Crippen LogP) is 10.3. The molecule has 1 fully saturated rings. The van der Waals surface area contributed by atoms with E-state index in [0.717, 1.165) is 59.6 Å². The minimum absolute atomic E-state index is 0.102. The van der Waals surface area contributed by atoms with Crippen molar-refractivity contribution in [2.24, 2.45) is 22.9 Å². The zero-order chi connectivity index (χ0) is 43.2. The molecule has 330 valence electrons. The maximum absolute atomic E-state index is 14.5. The summed E-state index contributed by atoms with van der Waals surface area (Å²) in [5, 5.41) is 24.8. The Labute approximate surface area is 367 Å². The van der Waals surface area contributed by atoms with Crippen molar-refractivity contribution in [3.63, 3.8) is 0 Å². The normalized spacial score (nSPS) is 23.5. The van der Waals surface area contributed by atoms with Crippen LogP contribution < -0.4 is 9.47 Å². The number of amides is 1. The lowest BCUT2D eigenvalue weighted by Gasteiger charge is -2.60. The first-order chi connectivity index (χ1) is 29.6. The van der Waals surface area contributed by atoms with Gasteiger partial charge in [0.25, 0.3) is 0 Å². The summed E-state index contributed by atoms with van der Waals surface area (Å²) in [4.78, 5) is 23.8. The van der Waals surface area contributed by atoms with Crippen molar-refractivity contribution in [3.05, 3.63) is 114 Å². The summed E-state index contributed by atoms with van der Waals surface area (Å²) >= 11 is 1.76. The maximum Gasteiger partial charge on any atom is 0.410 e. The van der Waals surface area contributed by atoms with Gasteiger partial charge < -0.3 is 34.0 Å². The molecule has 1 heterocycles. The first-order valence-corrected chi connectivity index (χ1v) is 23.2. The molecule has 3 aromatic rings. The molecular weight excluding hydrogens is 789 g/mol. The van der Waals surface area contributed by atoms with Gasteiger partial charge in [-0.2, -0.15) is 0 Å². The van der Waals surface area contributed by atoms with Crippen molar-refractivity contribution < 1.29 is 38.8 Å². The summed E-state index contributed by atoms with van der Waals surface area (Å²) < 4.78 is 27.0. The molecule has 6 unspecified atom stereocenters. The maximum atomic E-state index is 14.5. The zero-order valence-corrected chi connectivity index (χ0v) is 37.3. The Bertz CT molecular complexity index is 1920. The molecule has 0 aromatic heterocycles. The molecule has 6 atom stereocenters. The van der Waals surface area contributed by atoms with E-state index in [1.807, 2.05) is 81.4 Å². The molecule has 1 amide bonds. The van der Waals surface area contributed by atoms with Crippen LogP contribution in [0.1, 0.15) is 96.1 Å². The molecule has 6 rings (SSSR count). The topological polar surface area (TPSA) is 119 Å². The molecule has 11 heteroatoms. The number of hydrogen-bond donors (Lipinski definition) is 2. The van der Waals surface area contributed by atoms with Crippen LogP contribution >= 0.6 is 11.8 Å². The van der Waals surface area contributed by atoms with Crippen LogP contribution in [-0.2, 0) is 20.9 Å². The van der Waals surface area contributed by atoms with E-state index in [1.165, 1.54) is 4.90 Å². The first-order valence-electron chi connectivity index (χ1n) is 22.2. The van der Waals surface area contributed by atoms with Gasteiger partial charge in [0.05, 0.1) is 24.8 Å². The molecule has 1 aliphatic heterocycles. The van der Waals surface area contributed by atoms with E-state index in [2.05, 4.69) is 37.8 Å². The number of allylic oxidation sites excluding steroid dienone is 1. The van der Waals surface area contributed by atoms with Crippen molar-refractivity contribution >= 4 is 23.6 Å². The Balaban J connectivity index is 1.50. The fourth-order valence-corrected chi connectivity index (χ4v) is 9.94. The van der Waals surface area contributed by atoms with Crippen molar-refractivity contribution in [3.8, 4) is 11.5 Å². The van der Waals surface area contributed by atoms with Gasteiger partial charge in [-0.1, -0.05) is 85.6 Å². The lowest BCUT2D eigenvalue weighted by atomic mass is 9.55. The minimum atomic E-state index is -1.36. The van der Waals surface area contributed by atoms with Gasteiger partial charge in [0.1, 0.15) is 29.7 Å². The van der Waals surface area contributed by atoms with E-state index in [0.29, 0.717) is 44.6 Å². The average molecular weight is 855 g/mol. The predicted molar refractivity (Wildman–Crippen MR) is 242 cm³/mol. The number of oxime groups is 1. The second kappa shape index (κ2) is 22.2. The summed E-state index contributed by atoms with van der Waals surface area (Å²) in [5.41, 5.74) is 3.09. The summed E-state index contributed by atoms with van der Waals surface area (Å²) in [6, 6.07) is 25.5. The number of aliphatic hydroxyl groups is 2. The third-order valence-electron chi connectivity index (χ3n) is 11.7. The van der Waals surface area contributed by atoms with Gasteiger partial charge >= 0.3 is 6.09 Å². The summed E-state index contributed by atoms with van der Waals surface area (Å²) in [7, 11) is 0. The average Bonchev–Trinajstić information content (AvgIpc) is 3.26. The van der Waals surface area contributed by atoms with Crippen molar-refractivity contribution in [2.45, 2.75) is 114 Å². The number of nitrogens with zero attached hydrogens (tertiary/aromatic N) is 2. The molecule has 10 nitrogen and oxygen atoms in total. The molecule has 61 heavy (non-hydrogen) atoms. The molecule has 2 N–H and O–H groups in total. The molecular formula is C50H66N2O8S. The molecule has 2 aliphatic carbocycles. The SMILES string of the molecule is C=CCOC12Oc3ccc(OCCSc4ccccc4)cc3C3C(CCCCO)C(CCCCO)C=C(C(=NOC(C)(C)C)CC1N(CCC)C(=O)OCc1ccccc1)C32. The fourth-order valence-electron chi connectivity index (χ4n) is 9.18. The van der Waals surface area contributed by atoms with Crippen LogP contribution in [0.3, 0.4) is 0 Å². The van der Waals surface area contributed by atoms with E-state index in [9.17, 15) is 15.0 Å². The highest BCUT2D eigenvalue weighted by atomic mass is 32.2. The molecule has 3 aromatic carbocycles. The number of thioether (sulfide) groups is 1. The zero-order valence-electron chi connectivity index (χ0n) is 36.5. The molecule has 1 saturated carbocycles. The quantitative estimate of drug-likeness (QED) is 0.0441. The van der Waals surface area contributed by atoms with Crippen molar-refractivity contribution in [1.29, 1.82) is 0 Å². The number of unbranched alkanes of at least 4 members (excludes halogenated alkanes) is 2. The number of rotatable bonds is 22. The fraction of sp³-hybridized carbons (Fsp3) is 0.520. The van der Waals surface area contributed by atoms with Crippen molar-refractivity contribution in [1.82, 2.24) is 4.90 Å². The van der Waals surface area contributed by atoms with Gasteiger partial charge in [-0.15, -0.1) is 18.3 Å². The van der Waals surface area contributed by atoms with Crippen molar-refractivity contribution in [2.75, 3.05) is 38.7 Å². The monoisotopic (exact) mass is 854 g/mol. The Hall–Kier alpha value is -4.29. The Morgan fingerprint density at radius 3 is 2.41 bits per heavy atom. The number of ether oxygens (including phenoxy) is 4. The standard InChI is InChI=1S/C50H66N2O8S/c1-6-26-52(48(55)57-35-36-18-10-8-11-19-36)45-34-43(51-60-49(3,4)5)41-32-37(20-14-16-27-53)40(23-15-17-28-54)46-42-33-38(56-30-31-61-39-21-12-9-13-22-39)24-25-44(42)59-50(45,47(41)46)58-29-7-2/h7-13,18-19,21-22,24-25,32-33,37,40,45-47,53-54H,2,6,14-17,20,23,26-31,34-35H2,1,3-5H3. The smallest absolute Gasteiger partial charge is 0.410 e. The number of aliphatic hydroxyl groups excluding tert-OH is 2. The van der Waals surface area contributed by atoms with Gasteiger partial charge in [-0.25, -0.2) is 4.79 Å². The van der Waals surface area contributed by atoms with Crippen LogP contribution in [0.5, 0.6) is 11.5 Å². The lowest BCUT2D eigenvalue weighted by Crippen LogP contribution is -2.70. The highest BCUT2D eigenvalue weighted by Crippen LogP contribution is 2.62. The number of fused-ring (bicyclic) bond motifs is 2. The number of carbonyl (C=O) groups is 1. The summed E-state index contributed by atoms with van der Waals surface area (Å²) in [6.45, 7) is 13.5. The molecule has 0 spiro atoms. The highest BCUT2D eigenvalue weighted by Gasteiger charge is 2.65. The van der Waals surface area contributed by atoms with Crippen LogP contribution in [0, 0.1) is 17.8 Å².